The zero-order chi connectivity index (χ0) is 15.4. The van der Waals surface area contributed by atoms with Gasteiger partial charge >= 0.3 is 18.0 Å². The molecule has 1 heterocycles. The number of methoxy groups -OCH3 is 1. The van der Waals surface area contributed by atoms with E-state index in [0.717, 1.165) is 19.3 Å². The number of likely N-dealkylation sites (tertiary alicyclic amines) is 1. The number of rotatable bonds is 5. The molecular weight excluding hydrogens is 276 g/mol. The maximum atomic E-state index is 12.5. The van der Waals surface area contributed by atoms with Crippen molar-refractivity contribution >= 4 is 18.0 Å². The Balaban J connectivity index is 1.97. The first-order chi connectivity index (χ1) is 10.0. The van der Waals surface area contributed by atoms with Crippen molar-refractivity contribution in [2.45, 2.75) is 25.7 Å². The molecule has 1 aliphatic carbocycles. The lowest BCUT2D eigenvalue weighted by Gasteiger charge is -2.35. The normalized spacial score (nSPS) is 21.8. The molecule has 0 radical (unpaired) electrons. The Morgan fingerprint density at radius 2 is 2.00 bits per heavy atom. The van der Waals surface area contributed by atoms with Crippen LogP contribution in [-0.4, -0.2) is 66.2 Å². The fourth-order valence-corrected chi connectivity index (χ4v) is 2.70. The number of carboxylic acids is 1. The number of piperidine rings is 1. The maximum absolute atomic E-state index is 12.5. The van der Waals surface area contributed by atoms with Gasteiger partial charge < -0.3 is 19.6 Å². The standard InChI is InChI=1S/C14H22N2O5/c1-21-13(19)11-3-2-6-15(8-11)14(20)16(9-12(17)18)7-10-4-5-10/h10-11H,2-9H2,1H3,(H,17,18). The van der Waals surface area contributed by atoms with Gasteiger partial charge in [0.15, 0.2) is 0 Å². The Hall–Kier alpha value is -1.79. The van der Waals surface area contributed by atoms with E-state index in [-0.39, 0.29) is 24.5 Å². The van der Waals surface area contributed by atoms with Crippen LogP contribution in [0.2, 0.25) is 0 Å². The lowest BCUT2D eigenvalue weighted by atomic mass is 9.98. The summed E-state index contributed by atoms with van der Waals surface area (Å²) in [5.74, 6) is -1.19. The van der Waals surface area contributed by atoms with Crippen LogP contribution < -0.4 is 0 Å². The maximum Gasteiger partial charge on any atom is 0.323 e. The first-order valence-corrected chi connectivity index (χ1v) is 7.34. The first-order valence-electron chi connectivity index (χ1n) is 7.34. The number of urea groups is 1. The number of carbonyl (C=O) groups excluding carboxylic acids is 2. The molecular formula is C14H22N2O5. The van der Waals surface area contributed by atoms with Crippen molar-refractivity contribution < 1.29 is 24.2 Å². The molecule has 1 saturated carbocycles. The molecule has 0 aromatic carbocycles. The molecule has 0 bridgehead atoms. The number of esters is 1. The zero-order valence-electron chi connectivity index (χ0n) is 12.3. The fourth-order valence-electron chi connectivity index (χ4n) is 2.70. The molecule has 2 amide bonds. The third kappa shape index (κ3) is 4.34. The monoisotopic (exact) mass is 298 g/mol. The van der Waals surface area contributed by atoms with E-state index in [0.29, 0.717) is 32.0 Å². The minimum absolute atomic E-state index is 0.280. The SMILES string of the molecule is COC(=O)C1CCCN(C(=O)N(CC(=O)O)CC2CC2)C1. The Morgan fingerprint density at radius 1 is 1.29 bits per heavy atom. The summed E-state index contributed by atoms with van der Waals surface area (Å²) in [7, 11) is 1.34. The van der Waals surface area contributed by atoms with Crippen LogP contribution in [-0.2, 0) is 14.3 Å². The van der Waals surface area contributed by atoms with Gasteiger partial charge in [0.2, 0.25) is 0 Å². The molecule has 1 unspecified atom stereocenters. The number of amides is 2. The molecule has 1 aliphatic heterocycles. The van der Waals surface area contributed by atoms with E-state index in [1.54, 1.807) is 4.90 Å². The van der Waals surface area contributed by atoms with E-state index in [1.165, 1.54) is 12.0 Å². The molecule has 2 fully saturated rings. The van der Waals surface area contributed by atoms with Gasteiger partial charge in [-0.1, -0.05) is 0 Å². The van der Waals surface area contributed by atoms with E-state index in [2.05, 4.69) is 0 Å². The van der Waals surface area contributed by atoms with Crippen molar-refractivity contribution in [1.29, 1.82) is 0 Å². The van der Waals surface area contributed by atoms with Gasteiger partial charge in [0, 0.05) is 19.6 Å². The Morgan fingerprint density at radius 3 is 2.57 bits per heavy atom. The van der Waals surface area contributed by atoms with Gasteiger partial charge in [0.1, 0.15) is 6.54 Å². The number of carbonyl (C=O) groups is 3. The summed E-state index contributed by atoms with van der Waals surface area (Å²) in [4.78, 5) is 38.0. The van der Waals surface area contributed by atoms with Crippen LogP contribution >= 0.6 is 0 Å². The van der Waals surface area contributed by atoms with Crippen LogP contribution in [0.15, 0.2) is 0 Å². The van der Waals surface area contributed by atoms with Gasteiger partial charge in [0.05, 0.1) is 13.0 Å². The predicted molar refractivity (Wildman–Crippen MR) is 73.6 cm³/mol. The fraction of sp³-hybridized carbons (Fsp3) is 0.786. The molecule has 2 rings (SSSR count). The predicted octanol–water partition coefficient (Wildman–Crippen LogP) is 0.788. The Bertz CT molecular complexity index is 422. The molecule has 0 aromatic heterocycles. The van der Waals surface area contributed by atoms with Gasteiger partial charge in [-0.3, -0.25) is 9.59 Å². The minimum Gasteiger partial charge on any atom is -0.480 e. The lowest BCUT2D eigenvalue weighted by Crippen LogP contribution is -2.50. The third-order valence-corrected chi connectivity index (χ3v) is 4.00. The van der Waals surface area contributed by atoms with Crippen LogP contribution in [0.1, 0.15) is 25.7 Å². The zero-order valence-corrected chi connectivity index (χ0v) is 12.3. The summed E-state index contributed by atoms with van der Waals surface area (Å²) >= 11 is 0. The number of carboxylic acid groups (broad SMARTS) is 1. The smallest absolute Gasteiger partial charge is 0.323 e. The molecule has 0 aromatic rings. The number of ether oxygens (including phenoxy) is 1. The highest BCUT2D eigenvalue weighted by Crippen LogP contribution is 2.30. The Labute approximate surface area is 123 Å². The second-order valence-electron chi connectivity index (χ2n) is 5.81. The number of nitrogens with zero attached hydrogens (tertiary/aromatic N) is 2. The van der Waals surface area contributed by atoms with Gasteiger partial charge in [-0.2, -0.15) is 0 Å². The quantitative estimate of drug-likeness (QED) is 0.758. The van der Waals surface area contributed by atoms with Crippen molar-refractivity contribution in [3.05, 3.63) is 0 Å². The van der Waals surface area contributed by atoms with Crippen LogP contribution in [0.5, 0.6) is 0 Å². The molecule has 2 aliphatic rings. The van der Waals surface area contributed by atoms with Gasteiger partial charge in [-0.25, -0.2) is 4.79 Å². The van der Waals surface area contributed by atoms with Gasteiger partial charge in [-0.05, 0) is 31.6 Å². The average Bonchev–Trinajstić information content (AvgIpc) is 3.28. The first kappa shape index (κ1) is 15.6. The molecule has 7 nitrogen and oxygen atoms in total. The highest BCUT2D eigenvalue weighted by molar-refractivity contribution is 5.81. The molecule has 1 atom stereocenters. The summed E-state index contributed by atoms with van der Waals surface area (Å²) in [6, 6.07) is -0.280. The topological polar surface area (TPSA) is 87.2 Å². The molecule has 118 valence electrons. The van der Waals surface area contributed by atoms with Crippen molar-refractivity contribution in [3.63, 3.8) is 0 Å². The second-order valence-corrected chi connectivity index (χ2v) is 5.81. The lowest BCUT2D eigenvalue weighted by molar-refractivity contribution is -0.147. The van der Waals surface area contributed by atoms with Crippen LogP contribution in [0.3, 0.4) is 0 Å². The summed E-state index contributed by atoms with van der Waals surface area (Å²) in [6.45, 7) is 1.08. The van der Waals surface area contributed by atoms with E-state index in [9.17, 15) is 14.4 Å². The number of hydrogen-bond donors (Lipinski definition) is 1. The molecule has 0 spiro atoms. The summed E-state index contributed by atoms with van der Waals surface area (Å²) in [6.07, 6.45) is 3.54. The van der Waals surface area contributed by atoms with E-state index in [4.69, 9.17) is 9.84 Å². The van der Waals surface area contributed by atoms with Crippen molar-refractivity contribution in [2.24, 2.45) is 11.8 Å². The molecule has 7 heteroatoms. The highest BCUT2D eigenvalue weighted by Gasteiger charge is 2.34. The molecule has 21 heavy (non-hydrogen) atoms. The summed E-state index contributed by atoms with van der Waals surface area (Å²) < 4.78 is 4.73. The minimum atomic E-state index is -1.01. The molecule has 1 N–H and O–H groups in total. The van der Waals surface area contributed by atoms with Gasteiger partial charge in [0.25, 0.3) is 0 Å². The van der Waals surface area contributed by atoms with Crippen molar-refractivity contribution in [3.8, 4) is 0 Å². The van der Waals surface area contributed by atoms with E-state index < -0.39 is 5.97 Å². The molecule has 1 saturated heterocycles. The average molecular weight is 298 g/mol. The number of aliphatic carboxylic acids is 1. The van der Waals surface area contributed by atoms with Crippen LogP contribution in [0.25, 0.3) is 0 Å². The number of hydrogen-bond acceptors (Lipinski definition) is 4. The van der Waals surface area contributed by atoms with Crippen molar-refractivity contribution in [2.75, 3.05) is 33.3 Å². The summed E-state index contributed by atoms with van der Waals surface area (Å²) in [5, 5.41) is 8.96. The van der Waals surface area contributed by atoms with E-state index in [1.807, 2.05) is 0 Å². The van der Waals surface area contributed by atoms with Crippen LogP contribution in [0.4, 0.5) is 4.79 Å². The largest absolute Gasteiger partial charge is 0.480 e. The second kappa shape index (κ2) is 6.78. The highest BCUT2D eigenvalue weighted by atomic mass is 16.5. The Kier molecular flexibility index (Phi) is 5.03. The van der Waals surface area contributed by atoms with Gasteiger partial charge in [-0.15, -0.1) is 0 Å². The van der Waals surface area contributed by atoms with E-state index >= 15 is 0 Å². The van der Waals surface area contributed by atoms with Crippen molar-refractivity contribution in [1.82, 2.24) is 9.80 Å². The summed E-state index contributed by atoms with van der Waals surface area (Å²) in [5.41, 5.74) is 0. The third-order valence-electron chi connectivity index (χ3n) is 4.00. The van der Waals surface area contributed by atoms with Crippen LogP contribution in [0, 0.1) is 11.8 Å².